The second-order valence-electron chi connectivity index (χ2n) is 7.49. The molecule has 0 fully saturated rings. The molecule has 0 aliphatic heterocycles. The number of hydrogen-bond acceptors (Lipinski definition) is 6. The van der Waals surface area contributed by atoms with Gasteiger partial charge in [-0.2, -0.15) is 11.8 Å². The van der Waals surface area contributed by atoms with Crippen LogP contribution in [0.3, 0.4) is 0 Å². The Kier molecular flexibility index (Phi) is 9.91. The Labute approximate surface area is 186 Å². The van der Waals surface area contributed by atoms with E-state index >= 15 is 0 Å². The van der Waals surface area contributed by atoms with Gasteiger partial charge in [0.25, 0.3) is 5.91 Å². The van der Waals surface area contributed by atoms with Gasteiger partial charge in [-0.3, -0.25) is 4.79 Å². The second kappa shape index (κ2) is 12.4. The lowest BCUT2D eigenvalue weighted by Crippen LogP contribution is -2.43. The smallest absolute Gasteiger partial charge is 0.339 e. The Bertz CT molecular complexity index is 955. The predicted octanol–water partition coefficient (Wildman–Crippen LogP) is 3.93. The Hall–Kier alpha value is -2.48. The number of rotatable bonds is 13. The van der Waals surface area contributed by atoms with E-state index in [1.807, 2.05) is 19.2 Å². The first-order chi connectivity index (χ1) is 14.9. The average Bonchev–Trinajstić information content (AvgIpc) is 2.74. The van der Waals surface area contributed by atoms with Crippen molar-refractivity contribution in [3.05, 3.63) is 39.7 Å². The molecule has 2 aromatic rings. The number of thioether (sulfide) groups is 1. The van der Waals surface area contributed by atoms with Crippen molar-refractivity contribution in [3.8, 4) is 5.75 Å². The largest absolute Gasteiger partial charge is 0.484 e. The molecular weight excluding hydrogens is 418 g/mol. The van der Waals surface area contributed by atoms with E-state index in [2.05, 4.69) is 12.2 Å². The monoisotopic (exact) mass is 449 g/mol. The van der Waals surface area contributed by atoms with Gasteiger partial charge in [0.2, 0.25) is 0 Å². The van der Waals surface area contributed by atoms with Gasteiger partial charge in [0.15, 0.2) is 6.61 Å². The number of hydrogen-bond donors (Lipinski definition) is 2. The van der Waals surface area contributed by atoms with Crippen molar-refractivity contribution < 1.29 is 23.8 Å². The highest BCUT2D eigenvalue weighted by Gasteiger charge is 2.19. The quantitative estimate of drug-likeness (QED) is 0.353. The zero-order valence-electron chi connectivity index (χ0n) is 18.4. The van der Waals surface area contributed by atoms with Crippen LogP contribution in [0.4, 0.5) is 0 Å². The van der Waals surface area contributed by atoms with Gasteiger partial charge in [-0.05, 0) is 55.9 Å². The summed E-state index contributed by atoms with van der Waals surface area (Å²) in [5.74, 6) is -0.594. The summed E-state index contributed by atoms with van der Waals surface area (Å²) >= 11 is 1.51. The minimum absolute atomic E-state index is 0.326. The molecule has 1 aromatic carbocycles. The van der Waals surface area contributed by atoms with Gasteiger partial charge in [0.05, 0.1) is 0 Å². The van der Waals surface area contributed by atoms with Crippen LogP contribution in [0.15, 0.2) is 27.4 Å². The first-order valence-corrected chi connectivity index (χ1v) is 12.0. The number of carboxylic acids is 1. The first-order valence-electron chi connectivity index (χ1n) is 10.6. The zero-order chi connectivity index (χ0) is 22.8. The average molecular weight is 450 g/mol. The molecule has 1 unspecified atom stereocenters. The number of ether oxygens (including phenoxy) is 1. The van der Waals surface area contributed by atoms with Crippen LogP contribution in [-0.4, -0.2) is 41.6 Å². The SMILES string of the molecule is CCCCCCc1c(C)c2ccc(OCC(=O)NC(CCSC)C(=O)O)cc2oc1=O. The standard InChI is InChI=1S/C23H31NO6S/c1-4-5-6-7-8-18-15(2)17-10-9-16(13-20(17)30-23(18)28)29-14-21(25)24-19(22(26)27)11-12-31-3/h9-10,13,19H,4-8,11-12,14H2,1-3H3,(H,24,25)(H,26,27). The molecular formula is C23H31NO6S. The molecule has 0 spiro atoms. The normalized spacial score (nSPS) is 12.0. The Balaban J connectivity index is 2.05. The molecule has 170 valence electrons. The van der Waals surface area contributed by atoms with E-state index in [0.717, 1.165) is 36.6 Å². The minimum atomic E-state index is -1.07. The third-order valence-electron chi connectivity index (χ3n) is 5.15. The fraction of sp³-hybridized carbons (Fsp3) is 0.522. The molecule has 0 radical (unpaired) electrons. The van der Waals surface area contributed by atoms with E-state index in [9.17, 15) is 19.5 Å². The van der Waals surface area contributed by atoms with Gasteiger partial charge < -0.3 is 19.6 Å². The summed E-state index contributed by atoms with van der Waals surface area (Å²) < 4.78 is 11.0. The van der Waals surface area contributed by atoms with Gasteiger partial charge in [-0.15, -0.1) is 0 Å². The van der Waals surface area contributed by atoms with E-state index in [4.69, 9.17) is 9.15 Å². The summed E-state index contributed by atoms with van der Waals surface area (Å²) in [7, 11) is 0. The summed E-state index contributed by atoms with van der Waals surface area (Å²) in [4.78, 5) is 35.8. The number of carbonyl (C=O) groups excluding carboxylic acids is 1. The predicted molar refractivity (Wildman–Crippen MR) is 123 cm³/mol. The maximum absolute atomic E-state index is 12.4. The zero-order valence-corrected chi connectivity index (χ0v) is 19.2. The lowest BCUT2D eigenvalue weighted by Gasteiger charge is -2.14. The van der Waals surface area contributed by atoms with Crippen LogP contribution in [0.1, 0.15) is 50.2 Å². The fourth-order valence-electron chi connectivity index (χ4n) is 3.36. The van der Waals surface area contributed by atoms with Gasteiger partial charge >= 0.3 is 11.6 Å². The maximum atomic E-state index is 12.4. The van der Waals surface area contributed by atoms with Crippen molar-refractivity contribution in [2.45, 2.75) is 58.4 Å². The molecule has 1 aromatic heterocycles. The van der Waals surface area contributed by atoms with Crippen molar-refractivity contribution >= 4 is 34.6 Å². The van der Waals surface area contributed by atoms with Crippen molar-refractivity contribution in [2.24, 2.45) is 0 Å². The Morgan fingerprint density at radius 1 is 1.26 bits per heavy atom. The topological polar surface area (TPSA) is 106 Å². The molecule has 2 N–H and O–H groups in total. The molecule has 0 aliphatic rings. The Morgan fingerprint density at radius 2 is 2.03 bits per heavy atom. The maximum Gasteiger partial charge on any atom is 0.339 e. The van der Waals surface area contributed by atoms with E-state index in [0.29, 0.717) is 35.5 Å². The molecule has 0 aliphatic carbocycles. The van der Waals surface area contributed by atoms with Crippen LogP contribution in [-0.2, 0) is 16.0 Å². The van der Waals surface area contributed by atoms with Crippen LogP contribution in [0.25, 0.3) is 11.0 Å². The number of nitrogens with one attached hydrogen (secondary N) is 1. The highest BCUT2D eigenvalue weighted by molar-refractivity contribution is 7.98. The molecule has 1 atom stereocenters. The molecule has 0 bridgehead atoms. The number of fused-ring (bicyclic) bond motifs is 1. The summed E-state index contributed by atoms with van der Waals surface area (Å²) in [6, 6.07) is 4.16. The lowest BCUT2D eigenvalue weighted by atomic mass is 10.0. The van der Waals surface area contributed by atoms with E-state index < -0.39 is 17.9 Å². The highest BCUT2D eigenvalue weighted by Crippen LogP contribution is 2.25. The minimum Gasteiger partial charge on any atom is -0.484 e. The van der Waals surface area contributed by atoms with Crippen LogP contribution >= 0.6 is 11.8 Å². The number of benzene rings is 1. The number of carbonyl (C=O) groups is 2. The molecule has 8 heteroatoms. The Morgan fingerprint density at radius 3 is 2.71 bits per heavy atom. The third-order valence-corrected chi connectivity index (χ3v) is 5.80. The van der Waals surface area contributed by atoms with Gasteiger partial charge in [-0.25, -0.2) is 9.59 Å². The second-order valence-corrected chi connectivity index (χ2v) is 8.48. The molecule has 31 heavy (non-hydrogen) atoms. The number of aliphatic carboxylic acids is 1. The van der Waals surface area contributed by atoms with Gasteiger partial charge in [-0.1, -0.05) is 26.2 Å². The lowest BCUT2D eigenvalue weighted by molar-refractivity contribution is -0.142. The summed E-state index contributed by atoms with van der Waals surface area (Å²) in [5, 5.41) is 12.5. The van der Waals surface area contributed by atoms with E-state index in [1.165, 1.54) is 11.8 Å². The molecule has 0 saturated heterocycles. The number of aryl methyl sites for hydroxylation is 1. The van der Waals surface area contributed by atoms with Gasteiger partial charge in [0, 0.05) is 17.0 Å². The van der Waals surface area contributed by atoms with Crippen molar-refractivity contribution in [3.63, 3.8) is 0 Å². The molecule has 2 rings (SSSR count). The van der Waals surface area contributed by atoms with Crippen LogP contribution in [0, 0.1) is 6.92 Å². The van der Waals surface area contributed by atoms with E-state index in [1.54, 1.807) is 12.1 Å². The van der Waals surface area contributed by atoms with Crippen LogP contribution in [0.2, 0.25) is 0 Å². The van der Waals surface area contributed by atoms with Crippen LogP contribution in [0.5, 0.6) is 5.75 Å². The number of amides is 1. The highest BCUT2D eigenvalue weighted by atomic mass is 32.2. The number of carboxylic acid groups (broad SMARTS) is 1. The molecule has 1 amide bonds. The molecule has 0 saturated carbocycles. The third kappa shape index (κ3) is 7.31. The summed E-state index contributed by atoms with van der Waals surface area (Å²) in [6.45, 7) is 3.74. The summed E-state index contributed by atoms with van der Waals surface area (Å²) in [6.07, 6.45) is 7.24. The summed E-state index contributed by atoms with van der Waals surface area (Å²) in [5.41, 5.74) is 1.68. The van der Waals surface area contributed by atoms with Crippen molar-refractivity contribution in [2.75, 3.05) is 18.6 Å². The first kappa shape index (κ1) is 24.8. The number of unbranched alkanes of at least 4 members (excludes halogenated alkanes) is 3. The van der Waals surface area contributed by atoms with Crippen molar-refractivity contribution in [1.82, 2.24) is 5.32 Å². The molecule has 1 heterocycles. The molecule has 7 nitrogen and oxygen atoms in total. The van der Waals surface area contributed by atoms with E-state index in [-0.39, 0.29) is 12.2 Å². The fourth-order valence-corrected chi connectivity index (χ4v) is 3.83. The van der Waals surface area contributed by atoms with Gasteiger partial charge in [0.1, 0.15) is 17.4 Å². The van der Waals surface area contributed by atoms with Crippen molar-refractivity contribution in [1.29, 1.82) is 0 Å². The van der Waals surface area contributed by atoms with Crippen LogP contribution < -0.4 is 15.7 Å².